The summed E-state index contributed by atoms with van der Waals surface area (Å²) in [4.78, 5) is 2.51. The predicted molar refractivity (Wildman–Crippen MR) is 86.2 cm³/mol. The SMILES string of the molecule is COc1ccc(OCCN2CC(C)(C)NCC2(C)C)cc1. The average Bonchev–Trinajstić information content (AvgIpc) is 2.44. The smallest absolute Gasteiger partial charge is 0.119 e. The van der Waals surface area contributed by atoms with Gasteiger partial charge in [-0.3, -0.25) is 4.90 Å². The molecule has 21 heavy (non-hydrogen) atoms. The molecule has 2 rings (SSSR count). The molecule has 1 N–H and O–H groups in total. The molecule has 0 aliphatic carbocycles. The van der Waals surface area contributed by atoms with Gasteiger partial charge in [0.25, 0.3) is 0 Å². The van der Waals surface area contributed by atoms with Gasteiger partial charge in [-0.15, -0.1) is 0 Å². The minimum absolute atomic E-state index is 0.162. The van der Waals surface area contributed by atoms with Gasteiger partial charge in [0.15, 0.2) is 0 Å². The number of piperazine rings is 1. The fourth-order valence-corrected chi connectivity index (χ4v) is 2.64. The van der Waals surface area contributed by atoms with Crippen LogP contribution in [0.3, 0.4) is 0 Å². The first-order valence-corrected chi connectivity index (χ1v) is 7.59. The number of ether oxygens (including phenoxy) is 2. The summed E-state index contributed by atoms with van der Waals surface area (Å²) >= 11 is 0. The molecule has 0 unspecified atom stereocenters. The fraction of sp³-hybridized carbons (Fsp3) is 0.647. The monoisotopic (exact) mass is 292 g/mol. The average molecular weight is 292 g/mol. The lowest BCUT2D eigenvalue weighted by molar-refractivity contribution is 0.0290. The summed E-state index contributed by atoms with van der Waals surface area (Å²) in [6.45, 7) is 12.7. The van der Waals surface area contributed by atoms with Crippen molar-refractivity contribution in [1.82, 2.24) is 10.2 Å². The summed E-state index contributed by atoms with van der Waals surface area (Å²) in [5.74, 6) is 1.75. The van der Waals surface area contributed by atoms with E-state index in [1.165, 1.54) is 0 Å². The molecule has 0 saturated carbocycles. The van der Waals surface area contributed by atoms with Crippen LogP contribution in [0.15, 0.2) is 24.3 Å². The normalized spacial score (nSPS) is 21.0. The Morgan fingerprint density at radius 2 is 1.71 bits per heavy atom. The maximum absolute atomic E-state index is 5.85. The lowest BCUT2D eigenvalue weighted by atomic mass is 9.91. The summed E-state index contributed by atoms with van der Waals surface area (Å²) in [5, 5.41) is 3.60. The highest BCUT2D eigenvalue weighted by Crippen LogP contribution is 2.23. The standard InChI is InChI=1S/C17H28N2O2/c1-16(2)13-19(17(3,4)12-18-16)10-11-21-15-8-6-14(20-5)7-9-15/h6-9,18H,10-13H2,1-5H3. The molecule has 1 aromatic carbocycles. The third-order valence-corrected chi connectivity index (χ3v) is 4.13. The third-order valence-electron chi connectivity index (χ3n) is 4.13. The summed E-state index contributed by atoms with van der Waals surface area (Å²) < 4.78 is 11.0. The molecule has 1 aliphatic rings. The number of hydrogen-bond donors (Lipinski definition) is 1. The van der Waals surface area contributed by atoms with Gasteiger partial charge in [0.2, 0.25) is 0 Å². The van der Waals surface area contributed by atoms with E-state index in [0.29, 0.717) is 6.61 Å². The van der Waals surface area contributed by atoms with Gasteiger partial charge in [-0.2, -0.15) is 0 Å². The molecular weight excluding hydrogens is 264 g/mol. The van der Waals surface area contributed by atoms with Crippen LogP contribution in [0.4, 0.5) is 0 Å². The molecule has 1 fully saturated rings. The molecule has 0 bridgehead atoms. The van der Waals surface area contributed by atoms with Gasteiger partial charge < -0.3 is 14.8 Å². The van der Waals surface area contributed by atoms with E-state index in [0.717, 1.165) is 31.1 Å². The van der Waals surface area contributed by atoms with E-state index >= 15 is 0 Å². The topological polar surface area (TPSA) is 33.7 Å². The Labute approximate surface area is 128 Å². The number of hydrogen-bond acceptors (Lipinski definition) is 4. The maximum atomic E-state index is 5.85. The van der Waals surface area contributed by atoms with Gasteiger partial charge in [0, 0.05) is 30.7 Å². The highest BCUT2D eigenvalue weighted by Gasteiger charge is 2.37. The Balaban J connectivity index is 1.86. The van der Waals surface area contributed by atoms with E-state index in [9.17, 15) is 0 Å². The van der Waals surface area contributed by atoms with Gasteiger partial charge in [-0.1, -0.05) is 0 Å². The summed E-state index contributed by atoms with van der Waals surface area (Å²) in [6, 6.07) is 7.75. The number of rotatable bonds is 5. The van der Waals surface area contributed by atoms with Crippen molar-refractivity contribution in [3.8, 4) is 11.5 Å². The Morgan fingerprint density at radius 1 is 1.10 bits per heavy atom. The van der Waals surface area contributed by atoms with Crippen LogP contribution in [0.25, 0.3) is 0 Å². The zero-order chi connectivity index (χ0) is 15.5. The quantitative estimate of drug-likeness (QED) is 0.904. The van der Waals surface area contributed by atoms with E-state index < -0.39 is 0 Å². The first-order chi connectivity index (χ1) is 9.82. The molecular formula is C17H28N2O2. The van der Waals surface area contributed by atoms with Gasteiger partial charge >= 0.3 is 0 Å². The Bertz CT molecular complexity index is 454. The van der Waals surface area contributed by atoms with Crippen molar-refractivity contribution in [3.63, 3.8) is 0 Å². The molecule has 0 radical (unpaired) electrons. The first-order valence-electron chi connectivity index (χ1n) is 7.59. The summed E-state index contributed by atoms with van der Waals surface area (Å²) in [6.07, 6.45) is 0. The number of nitrogens with one attached hydrogen (secondary N) is 1. The molecule has 0 spiro atoms. The first kappa shape index (κ1) is 16.1. The summed E-state index contributed by atoms with van der Waals surface area (Å²) in [7, 11) is 1.67. The van der Waals surface area contributed by atoms with Crippen molar-refractivity contribution in [1.29, 1.82) is 0 Å². The highest BCUT2D eigenvalue weighted by atomic mass is 16.5. The molecule has 1 aromatic rings. The predicted octanol–water partition coefficient (Wildman–Crippen LogP) is 2.54. The largest absolute Gasteiger partial charge is 0.497 e. The molecule has 1 heterocycles. The van der Waals surface area contributed by atoms with Crippen LogP contribution in [0.1, 0.15) is 27.7 Å². The van der Waals surface area contributed by atoms with Gasteiger partial charge in [0.05, 0.1) is 7.11 Å². The van der Waals surface area contributed by atoms with Crippen molar-refractivity contribution in [2.45, 2.75) is 38.8 Å². The van der Waals surface area contributed by atoms with E-state index in [1.54, 1.807) is 7.11 Å². The molecule has 4 nitrogen and oxygen atoms in total. The lowest BCUT2D eigenvalue weighted by Gasteiger charge is -2.49. The maximum Gasteiger partial charge on any atom is 0.119 e. The van der Waals surface area contributed by atoms with Crippen molar-refractivity contribution in [2.75, 3.05) is 33.4 Å². The van der Waals surface area contributed by atoms with E-state index in [-0.39, 0.29) is 11.1 Å². The minimum atomic E-state index is 0.162. The van der Waals surface area contributed by atoms with Gasteiger partial charge in [-0.25, -0.2) is 0 Å². The number of benzene rings is 1. The summed E-state index contributed by atoms with van der Waals surface area (Å²) in [5.41, 5.74) is 0.328. The molecule has 1 aliphatic heterocycles. The lowest BCUT2D eigenvalue weighted by Crippen LogP contribution is -2.66. The highest BCUT2D eigenvalue weighted by molar-refractivity contribution is 5.31. The Morgan fingerprint density at radius 3 is 2.33 bits per heavy atom. The van der Waals surface area contributed by atoms with Crippen molar-refractivity contribution in [2.24, 2.45) is 0 Å². The van der Waals surface area contributed by atoms with Gasteiger partial charge in [0.1, 0.15) is 18.1 Å². The van der Waals surface area contributed by atoms with E-state index in [2.05, 4.69) is 37.9 Å². The second-order valence-electron chi connectivity index (χ2n) is 7.00. The number of methoxy groups -OCH3 is 1. The Hall–Kier alpha value is -1.26. The van der Waals surface area contributed by atoms with Gasteiger partial charge in [-0.05, 0) is 52.0 Å². The minimum Gasteiger partial charge on any atom is -0.497 e. The Kier molecular flexibility index (Phi) is 4.79. The zero-order valence-electron chi connectivity index (χ0n) is 13.9. The molecule has 0 amide bonds. The molecule has 1 saturated heterocycles. The van der Waals surface area contributed by atoms with Crippen LogP contribution >= 0.6 is 0 Å². The molecule has 4 heteroatoms. The zero-order valence-corrected chi connectivity index (χ0v) is 13.9. The van der Waals surface area contributed by atoms with E-state index in [4.69, 9.17) is 9.47 Å². The van der Waals surface area contributed by atoms with Crippen LogP contribution in [0.5, 0.6) is 11.5 Å². The van der Waals surface area contributed by atoms with Crippen molar-refractivity contribution < 1.29 is 9.47 Å². The second kappa shape index (κ2) is 6.24. The van der Waals surface area contributed by atoms with E-state index in [1.807, 2.05) is 24.3 Å². The third kappa shape index (κ3) is 4.35. The molecule has 0 atom stereocenters. The van der Waals surface area contributed by atoms with Crippen LogP contribution < -0.4 is 14.8 Å². The molecule has 0 aromatic heterocycles. The van der Waals surface area contributed by atoms with Crippen LogP contribution in [0, 0.1) is 0 Å². The number of nitrogens with zero attached hydrogens (tertiary/aromatic N) is 1. The molecule has 118 valence electrons. The second-order valence-corrected chi connectivity index (χ2v) is 7.00. The van der Waals surface area contributed by atoms with Crippen LogP contribution in [0.2, 0.25) is 0 Å². The van der Waals surface area contributed by atoms with Crippen molar-refractivity contribution in [3.05, 3.63) is 24.3 Å². The van der Waals surface area contributed by atoms with Crippen molar-refractivity contribution >= 4 is 0 Å². The fourth-order valence-electron chi connectivity index (χ4n) is 2.64. The van der Waals surface area contributed by atoms with Crippen LogP contribution in [-0.4, -0.2) is 49.3 Å². The van der Waals surface area contributed by atoms with Crippen LogP contribution in [-0.2, 0) is 0 Å².